The number of alkyl halides is 3. The lowest BCUT2D eigenvalue weighted by atomic mass is 9.98. The van der Waals surface area contributed by atoms with Gasteiger partial charge in [0.15, 0.2) is 6.61 Å². The van der Waals surface area contributed by atoms with Crippen LogP contribution in [0.4, 0.5) is 18.3 Å². The minimum absolute atomic E-state index is 0.0650. The average molecular weight is 428 g/mol. The summed E-state index contributed by atoms with van der Waals surface area (Å²) in [6.07, 6.45) is -3.52. The number of ether oxygens (including phenoxy) is 1. The molecule has 3 rings (SSSR count). The SMILES string of the molecule is CCC(C)c1ccccc1OCC(=O)N1CCN(c2nnc(C(F)(F)F)s2)CC1. The van der Waals surface area contributed by atoms with Crippen LogP contribution in [0.2, 0.25) is 0 Å². The molecule has 1 aromatic heterocycles. The highest BCUT2D eigenvalue weighted by Crippen LogP contribution is 2.34. The fourth-order valence-electron chi connectivity index (χ4n) is 3.07. The largest absolute Gasteiger partial charge is 0.483 e. The molecule has 2 aromatic rings. The number of halogens is 3. The highest BCUT2D eigenvalue weighted by atomic mass is 32.1. The van der Waals surface area contributed by atoms with E-state index in [2.05, 4.69) is 24.0 Å². The lowest BCUT2D eigenvalue weighted by molar-refractivity contribution is -0.138. The van der Waals surface area contributed by atoms with E-state index >= 15 is 0 Å². The van der Waals surface area contributed by atoms with Crippen molar-refractivity contribution < 1.29 is 22.7 Å². The van der Waals surface area contributed by atoms with Crippen LogP contribution in [0.15, 0.2) is 24.3 Å². The van der Waals surface area contributed by atoms with Gasteiger partial charge in [0, 0.05) is 26.2 Å². The predicted molar refractivity (Wildman–Crippen MR) is 104 cm³/mol. The van der Waals surface area contributed by atoms with Crippen molar-refractivity contribution in [2.24, 2.45) is 0 Å². The van der Waals surface area contributed by atoms with Gasteiger partial charge in [-0.3, -0.25) is 4.79 Å². The normalized spacial score (nSPS) is 16.0. The van der Waals surface area contributed by atoms with E-state index in [4.69, 9.17) is 4.74 Å². The maximum atomic E-state index is 12.7. The smallest absolute Gasteiger partial charge is 0.445 e. The van der Waals surface area contributed by atoms with Gasteiger partial charge in [-0.05, 0) is 24.0 Å². The Morgan fingerprint density at radius 3 is 2.52 bits per heavy atom. The Hall–Kier alpha value is -2.36. The van der Waals surface area contributed by atoms with E-state index in [0.29, 0.717) is 49.2 Å². The second-order valence-corrected chi connectivity index (χ2v) is 7.85. The molecular weight excluding hydrogens is 405 g/mol. The molecule has 2 heterocycles. The lowest BCUT2D eigenvalue weighted by Gasteiger charge is -2.34. The maximum absolute atomic E-state index is 12.7. The predicted octanol–water partition coefficient (Wildman–Crippen LogP) is 3.80. The Morgan fingerprint density at radius 2 is 1.90 bits per heavy atom. The molecule has 10 heteroatoms. The van der Waals surface area contributed by atoms with Gasteiger partial charge in [0.25, 0.3) is 5.91 Å². The fourth-order valence-corrected chi connectivity index (χ4v) is 3.84. The molecule has 0 bridgehead atoms. The zero-order chi connectivity index (χ0) is 21.0. The Bertz CT molecular complexity index is 835. The van der Waals surface area contributed by atoms with Crippen LogP contribution in [0, 0.1) is 0 Å². The van der Waals surface area contributed by atoms with Gasteiger partial charge in [0.2, 0.25) is 10.1 Å². The van der Waals surface area contributed by atoms with Crippen molar-refractivity contribution in [3.05, 3.63) is 34.8 Å². The average Bonchev–Trinajstić information content (AvgIpc) is 3.22. The summed E-state index contributed by atoms with van der Waals surface area (Å²) in [5.41, 5.74) is 1.07. The number of hydrogen-bond donors (Lipinski definition) is 0. The molecule has 6 nitrogen and oxygen atoms in total. The first kappa shape index (κ1) is 21.4. The van der Waals surface area contributed by atoms with E-state index < -0.39 is 11.2 Å². The molecule has 0 spiro atoms. The molecule has 1 aromatic carbocycles. The van der Waals surface area contributed by atoms with Gasteiger partial charge in [-0.2, -0.15) is 13.2 Å². The van der Waals surface area contributed by atoms with Gasteiger partial charge in [0.1, 0.15) is 5.75 Å². The van der Waals surface area contributed by atoms with Crippen LogP contribution in [-0.4, -0.2) is 53.8 Å². The number of piperazine rings is 1. The molecule has 1 atom stereocenters. The number of rotatable bonds is 6. The Labute approximate surface area is 171 Å². The van der Waals surface area contributed by atoms with Crippen LogP contribution in [-0.2, 0) is 11.0 Å². The third kappa shape index (κ3) is 5.17. The molecule has 1 aliphatic heterocycles. The van der Waals surface area contributed by atoms with E-state index in [1.54, 1.807) is 9.80 Å². The highest BCUT2D eigenvalue weighted by molar-refractivity contribution is 7.15. The monoisotopic (exact) mass is 428 g/mol. The van der Waals surface area contributed by atoms with Gasteiger partial charge in [-0.25, -0.2) is 0 Å². The number of para-hydroxylation sites is 1. The second kappa shape index (κ2) is 8.98. The summed E-state index contributed by atoms with van der Waals surface area (Å²) in [6, 6.07) is 7.69. The molecular formula is C19H23F3N4O2S. The van der Waals surface area contributed by atoms with Crippen molar-refractivity contribution >= 4 is 22.4 Å². The van der Waals surface area contributed by atoms with Gasteiger partial charge >= 0.3 is 6.18 Å². The van der Waals surface area contributed by atoms with E-state index in [1.165, 1.54) is 0 Å². The van der Waals surface area contributed by atoms with E-state index in [-0.39, 0.29) is 17.6 Å². The molecule has 158 valence electrons. The molecule has 1 saturated heterocycles. The summed E-state index contributed by atoms with van der Waals surface area (Å²) in [5, 5.41) is 6.11. The van der Waals surface area contributed by atoms with E-state index in [1.807, 2.05) is 24.3 Å². The van der Waals surface area contributed by atoms with Gasteiger partial charge < -0.3 is 14.5 Å². The number of carbonyl (C=O) groups excluding carboxylic acids is 1. The van der Waals surface area contributed by atoms with Crippen molar-refractivity contribution in [1.29, 1.82) is 0 Å². The molecule has 1 fully saturated rings. The molecule has 0 saturated carbocycles. The molecule has 0 N–H and O–H groups in total. The van der Waals surface area contributed by atoms with Crippen molar-refractivity contribution in [2.45, 2.75) is 32.4 Å². The van der Waals surface area contributed by atoms with Gasteiger partial charge in [0.05, 0.1) is 0 Å². The summed E-state index contributed by atoms with van der Waals surface area (Å²) in [4.78, 5) is 15.9. The molecule has 0 radical (unpaired) electrons. The zero-order valence-corrected chi connectivity index (χ0v) is 17.1. The van der Waals surface area contributed by atoms with Crippen LogP contribution < -0.4 is 9.64 Å². The Balaban J connectivity index is 1.53. The Morgan fingerprint density at radius 1 is 1.21 bits per heavy atom. The molecule has 29 heavy (non-hydrogen) atoms. The van der Waals surface area contributed by atoms with Gasteiger partial charge in [-0.1, -0.05) is 43.4 Å². The molecule has 1 unspecified atom stereocenters. The first-order valence-corrected chi connectivity index (χ1v) is 10.3. The first-order valence-electron chi connectivity index (χ1n) is 9.44. The fraction of sp³-hybridized carbons (Fsp3) is 0.526. The number of carbonyl (C=O) groups is 1. The molecule has 0 aliphatic carbocycles. The highest BCUT2D eigenvalue weighted by Gasteiger charge is 2.36. The molecule has 1 amide bonds. The summed E-state index contributed by atoms with van der Waals surface area (Å²) in [7, 11) is 0. The molecule has 1 aliphatic rings. The Kier molecular flexibility index (Phi) is 6.61. The quantitative estimate of drug-likeness (QED) is 0.701. The topological polar surface area (TPSA) is 58.6 Å². The lowest BCUT2D eigenvalue weighted by Crippen LogP contribution is -2.50. The van der Waals surface area contributed by atoms with Crippen molar-refractivity contribution in [1.82, 2.24) is 15.1 Å². The van der Waals surface area contributed by atoms with Crippen molar-refractivity contribution in [3.8, 4) is 5.75 Å². The standard InChI is InChI=1S/C19H23F3N4O2S/c1-3-13(2)14-6-4-5-7-15(14)28-12-16(27)25-8-10-26(11-9-25)18-24-23-17(29-18)19(20,21)22/h4-7,13H,3,8-12H2,1-2H3. The third-order valence-corrected chi connectivity index (χ3v) is 6.00. The third-order valence-electron chi connectivity index (χ3n) is 4.97. The number of benzene rings is 1. The first-order chi connectivity index (χ1) is 13.8. The van der Waals surface area contributed by atoms with Gasteiger partial charge in [-0.15, -0.1) is 10.2 Å². The van der Waals surface area contributed by atoms with Crippen LogP contribution in [0.1, 0.15) is 36.8 Å². The second-order valence-electron chi connectivity index (χ2n) is 6.89. The summed E-state index contributed by atoms with van der Waals surface area (Å²) in [6.45, 7) is 5.75. The minimum atomic E-state index is -4.49. The van der Waals surface area contributed by atoms with Crippen LogP contribution in [0.5, 0.6) is 5.75 Å². The van der Waals surface area contributed by atoms with E-state index in [9.17, 15) is 18.0 Å². The number of nitrogens with zero attached hydrogens (tertiary/aromatic N) is 4. The van der Waals surface area contributed by atoms with Crippen molar-refractivity contribution in [2.75, 3.05) is 37.7 Å². The summed E-state index contributed by atoms with van der Waals surface area (Å²) < 4.78 is 43.8. The number of hydrogen-bond acceptors (Lipinski definition) is 6. The maximum Gasteiger partial charge on any atom is 0.445 e. The summed E-state index contributed by atoms with van der Waals surface area (Å²) in [5.74, 6) is 0.901. The van der Waals surface area contributed by atoms with Crippen LogP contribution in [0.3, 0.4) is 0 Å². The minimum Gasteiger partial charge on any atom is -0.483 e. The van der Waals surface area contributed by atoms with E-state index in [0.717, 1.165) is 12.0 Å². The van der Waals surface area contributed by atoms with Crippen LogP contribution >= 0.6 is 11.3 Å². The van der Waals surface area contributed by atoms with Crippen LogP contribution in [0.25, 0.3) is 0 Å². The number of anilines is 1. The zero-order valence-electron chi connectivity index (χ0n) is 16.3. The van der Waals surface area contributed by atoms with Crippen molar-refractivity contribution in [3.63, 3.8) is 0 Å². The number of amides is 1. The summed E-state index contributed by atoms with van der Waals surface area (Å²) >= 11 is 0.520. The number of aromatic nitrogens is 2.